The average Bonchev–Trinajstić information content (AvgIpc) is 2.29. The van der Waals surface area contributed by atoms with E-state index in [1.54, 1.807) is 0 Å². The van der Waals surface area contributed by atoms with Gasteiger partial charge in [-0.15, -0.1) is 0 Å². The number of nitrogens with two attached hydrogens (primary N) is 1. The normalized spacial score (nSPS) is 21.2. The minimum Gasteiger partial charge on any atom is -0.375 e. The third kappa shape index (κ3) is 2.33. The fraction of sp³-hybridized carbons (Fsp3) is 0.583. The molecule has 1 aromatic heterocycles. The zero-order chi connectivity index (χ0) is 11.5. The SMILES string of the molecule is Cc1ccc(CN)c(N2CCOC(C)C2)n1. The van der Waals surface area contributed by atoms with Crippen LogP contribution in [-0.2, 0) is 11.3 Å². The largest absolute Gasteiger partial charge is 0.375 e. The van der Waals surface area contributed by atoms with E-state index in [-0.39, 0.29) is 6.10 Å². The zero-order valence-electron chi connectivity index (χ0n) is 9.94. The highest BCUT2D eigenvalue weighted by Crippen LogP contribution is 2.20. The van der Waals surface area contributed by atoms with Crippen molar-refractivity contribution in [1.82, 2.24) is 4.98 Å². The van der Waals surface area contributed by atoms with Gasteiger partial charge in [0.2, 0.25) is 0 Å². The van der Waals surface area contributed by atoms with E-state index >= 15 is 0 Å². The molecular weight excluding hydrogens is 202 g/mol. The Labute approximate surface area is 96.4 Å². The maximum absolute atomic E-state index is 5.74. The molecule has 88 valence electrons. The fourth-order valence-electron chi connectivity index (χ4n) is 2.02. The van der Waals surface area contributed by atoms with Crippen LogP contribution in [0.2, 0.25) is 0 Å². The van der Waals surface area contributed by atoms with Crippen LogP contribution in [0.25, 0.3) is 0 Å². The molecule has 2 N–H and O–H groups in total. The number of ether oxygens (including phenoxy) is 1. The number of morpholine rings is 1. The lowest BCUT2D eigenvalue weighted by Gasteiger charge is -2.33. The first kappa shape index (κ1) is 11.4. The monoisotopic (exact) mass is 221 g/mol. The third-order valence-electron chi connectivity index (χ3n) is 2.86. The number of pyridine rings is 1. The maximum Gasteiger partial charge on any atom is 0.133 e. The van der Waals surface area contributed by atoms with E-state index in [4.69, 9.17) is 10.5 Å². The topological polar surface area (TPSA) is 51.4 Å². The number of rotatable bonds is 2. The zero-order valence-corrected chi connectivity index (χ0v) is 9.94. The first-order chi connectivity index (χ1) is 7.70. The van der Waals surface area contributed by atoms with E-state index in [0.29, 0.717) is 6.54 Å². The summed E-state index contributed by atoms with van der Waals surface area (Å²) in [4.78, 5) is 6.86. The quantitative estimate of drug-likeness (QED) is 0.811. The van der Waals surface area contributed by atoms with Crippen LogP contribution in [-0.4, -0.2) is 30.8 Å². The van der Waals surface area contributed by atoms with E-state index < -0.39 is 0 Å². The Morgan fingerprint density at radius 2 is 2.38 bits per heavy atom. The van der Waals surface area contributed by atoms with Crippen LogP contribution in [0, 0.1) is 6.92 Å². The molecule has 4 heteroatoms. The average molecular weight is 221 g/mol. The Morgan fingerprint density at radius 1 is 1.56 bits per heavy atom. The van der Waals surface area contributed by atoms with Gasteiger partial charge in [0.05, 0.1) is 12.7 Å². The van der Waals surface area contributed by atoms with Crippen LogP contribution >= 0.6 is 0 Å². The lowest BCUT2D eigenvalue weighted by Crippen LogP contribution is -2.42. The van der Waals surface area contributed by atoms with Crippen molar-refractivity contribution in [3.05, 3.63) is 23.4 Å². The minimum absolute atomic E-state index is 0.265. The van der Waals surface area contributed by atoms with Crippen molar-refractivity contribution < 1.29 is 4.74 Å². The van der Waals surface area contributed by atoms with Gasteiger partial charge in [-0.25, -0.2) is 4.98 Å². The highest BCUT2D eigenvalue weighted by molar-refractivity contribution is 5.48. The van der Waals surface area contributed by atoms with Gasteiger partial charge >= 0.3 is 0 Å². The highest BCUT2D eigenvalue weighted by Gasteiger charge is 2.19. The van der Waals surface area contributed by atoms with Crippen molar-refractivity contribution in [3.63, 3.8) is 0 Å². The molecule has 0 spiro atoms. The number of aryl methyl sites for hydroxylation is 1. The van der Waals surface area contributed by atoms with Crippen molar-refractivity contribution in [2.45, 2.75) is 26.5 Å². The lowest BCUT2D eigenvalue weighted by atomic mass is 10.2. The molecule has 1 aromatic rings. The van der Waals surface area contributed by atoms with Crippen molar-refractivity contribution in [2.24, 2.45) is 5.73 Å². The Kier molecular flexibility index (Phi) is 3.41. The van der Waals surface area contributed by atoms with Gasteiger partial charge in [0, 0.05) is 30.9 Å². The summed E-state index contributed by atoms with van der Waals surface area (Å²) in [6.07, 6.45) is 0.265. The van der Waals surface area contributed by atoms with Crippen LogP contribution < -0.4 is 10.6 Å². The van der Waals surface area contributed by atoms with E-state index in [0.717, 1.165) is 36.8 Å². The fourth-order valence-corrected chi connectivity index (χ4v) is 2.02. The molecule has 0 amide bonds. The van der Waals surface area contributed by atoms with Gasteiger partial charge in [-0.05, 0) is 19.9 Å². The Balaban J connectivity index is 2.26. The number of anilines is 1. The van der Waals surface area contributed by atoms with Gasteiger partial charge in [-0.3, -0.25) is 0 Å². The van der Waals surface area contributed by atoms with Gasteiger partial charge in [0.1, 0.15) is 5.82 Å². The van der Waals surface area contributed by atoms with Crippen LogP contribution in [0.15, 0.2) is 12.1 Å². The van der Waals surface area contributed by atoms with Crippen molar-refractivity contribution in [2.75, 3.05) is 24.6 Å². The summed E-state index contributed by atoms with van der Waals surface area (Å²) in [7, 11) is 0. The molecule has 16 heavy (non-hydrogen) atoms. The summed E-state index contributed by atoms with van der Waals surface area (Å²) in [5, 5.41) is 0. The smallest absolute Gasteiger partial charge is 0.133 e. The second kappa shape index (κ2) is 4.80. The van der Waals surface area contributed by atoms with Gasteiger partial charge < -0.3 is 15.4 Å². The van der Waals surface area contributed by atoms with Gasteiger partial charge in [-0.2, -0.15) is 0 Å². The predicted octanol–water partition coefficient (Wildman–Crippen LogP) is 1.07. The maximum atomic E-state index is 5.74. The highest BCUT2D eigenvalue weighted by atomic mass is 16.5. The molecule has 0 bridgehead atoms. The molecule has 4 nitrogen and oxygen atoms in total. The van der Waals surface area contributed by atoms with Crippen molar-refractivity contribution in [3.8, 4) is 0 Å². The molecule has 1 aliphatic heterocycles. The molecule has 0 radical (unpaired) electrons. The predicted molar refractivity (Wildman–Crippen MR) is 64.5 cm³/mol. The standard InChI is InChI=1S/C12H19N3O/c1-9-3-4-11(7-13)12(14-9)15-5-6-16-10(2)8-15/h3-4,10H,5-8,13H2,1-2H3. The van der Waals surface area contributed by atoms with Crippen LogP contribution in [0.3, 0.4) is 0 Å². The first-order valence-electron chi connectivity index (χ1n) is 5.74. The van der Waals surface area contributed by atoms with Gasteiger partial charge in [0.25, 0.3) is 0 Å². The Bertz CT molecular complexity index is 367. The van der Waals surface area contributed by atoms with E-state index in [1.807, 2.05) is 13.0 Å². The van der Waals surface area contributed by atoms with Crippen LogP contribution in [0.1, 0.15) is 18.2 Å². The number of aromatic nitrogens is 1. The molecule has 1 unspecified atom stereocenters. The number of nitrogens with zero attached hydrogens (tertiary/aromatic N) is 2. The Hall–Kier alpha value is -1.13. The van der Waals surface area contributed by atoms with Crippen molar-refractivity contribution in [1.29, 1.82) is 0 Å². The van der Waals surface area contributed by atoms with Crippen LogP contribution in [0.5, 0.6) is 0 Å². The molecular formula is C12H19N3O. The van der Waals surface area contributed by atoms with E-state index in [9.17, 15) is 0 Å². The molecule has 1 atom stereocenters. The summed E-state index contributed by atoms with van der Waals surface area (Å²) in [5.74, 6) is 1.03. The third-order valence-corrected chi connectivity index (χ3v) is 2.86. The minimum atomic E-state index is 0.265. The molecule has 0 aromatic carbocycles. The molecule has 0 aliphatic carbocycles. The second-order valence-corrected chi connectivity index (χ2v) is 4.27. The molecule has 1 saturated heterocycles. The molecule has 1 aliphatic rings. The second-order valence-electron chi connectivity index (χ2n) is 4.27. The van der Waals surface area contributed by atoms with E-state index in [1.165, 1.54) is 0 Å². The summed E-state index contributed by atoms with van der Waals surface area (Å²) in [5.41, 5.74) is 7.89. The van der Waals surface area contributed by atoms with Gasteiger partial charge in [-0.1, -0.05) is 6.07 Å². The van der Waals surface area contributed by atoms with Crippen molar-refractivity contribution >= 4 is 5.82 Å². The van der Waals surface area contributed by atoms with E-state index in [2.05, 4.69) is 22.9 Å². The van der Waals surface area contributed by atoms with Crippen LogP contribution in [0.4, 0.5) is 5.82 Å². The summed E-state index contributed by atoms with van der Waals surface area (Å²) >= 11 is 0. The summed E-state index contributed by atoms with van der Waals surface area (Å²) in [6, 6.07) is 4.08. The van der Waals surface area contributed by atoms with Gasteiger partial charge in [0.15, 0.2) is 0 Å². The molecule has 0 saturated carbocycles. The number of hydrogen-bond acceptors (Lipinski definition) is 4. The molecule has 1 fully saturated rings. The Morgan fingerprint density at radius 3 is 3.06 bits per heavy atom. The molecule has 2 heterocycles. The number of hydrogen-bond donors (Lipinski definition) is 1. The molecule has 2 rings (SSSR count). The summed E-state index contributed by atoms with van der Waals surface area (Å²) < 4.78 is 5.53. The summed E-state index contributed by atoms with van der Waals surface area (Å²) in [6.45, 7) is 7.18. The first-order valence-corrected chi connectivity index (χ1v) is 5.74. The lowest BCUT2D eigenvalue weighted by molar-refractivity contribution is 0.0529.